The van der Waals surface area contributed by atoms with Gasteiger partial charge in [0.15, 0.2) is 5.89 Å². The van der Waals surface area contributed by atoms with E-state index in [4.69, 9.17) is 4.42 Å². The number of oxazole rings is 1. The third kappa shape index (κ3) is 2.18. The van der Waals surface area contributed by atoms with Gasteiger partial charge in [-0.15, -0.1) is 0 Å². The lowest BCUT2D eigenvalue weighted by Gasteiger charge is -2.00. The van der Waals surface area contributed by atoms with E-state index >= 15 is 0 Å². The van der Waals surface area contributed by atoms with Gasteiger partial charge >= 0.3 is 0 Å². The van der Waals surface area contributed by atoms with Crippen LogP contribution in [0.25, 0.3) is 0 Å². The molecule has 1 fully saturated rings. The van der Waals surface area contributed by atoms with Crippen LogP contribution in [-0.4, -0.2) is 22.3 Å². The topological polar surface area (TPSA) is 43.1 Å². The molecule has 3 nitrogen and oxygen atoms in total. The van der Waals surface area contributed by atoms with Crippen LogP contribution in [0.15, 0.2) is 10.6 Å². The van der Waals surface area contributed by atoms with Crippen molar-refractivity contribution in [3.63, 3.8) is 0 Å². The summed E-state index contributed by atoms with van der Waals surface area (Å²) in [6.07, 6.45) is 3.19. The lowest BCUT2D eigenvalue weighted by molar-refractivity contribution is -0.116. The van der Waals surface area contributed by atoms with Gasteiger partial charge in [-0.2, -0.15) is 11.8 Å². The molecular formula is C10H13NO2S. The molecule has 0 N–H and O–H groups in total. The Morgan fingerprint density at radius 3 is 3.29 bits per heavy atom. The predicted molar refractivity (Wildman–Crippen MR) is 55.6 cm³/mol. The molecule has 0 aromatic carbocycles. The summed E-state index contributed by atoms with van der Waals surface area (Å²) in [6, 6.07) is 0. The Kier molecular flexibility index (Phi) is 2.91. The number of Topliss-reactive ketones (excluding diaryl/α,β-unsaturated/α-hetero) is 1. The maximum absolute atomic E-state index is 10.9. The molecular weight excluding hydrogens is 198 g/mol. The Labute approximate surface area is 87.3 Å². The van der Waals surface area contributed by atoms with Crippen molar-refractivity contribution in [3.8, 4) is 0 Å². The molecule has 1 aliphatic heterocycles. The second-order valence-corrected chi connectivity index (χ2v) is 4.75. The van der Waals surface area contributed by atoms with Gasteiger partial charge in [-0.05, 0) is 19.1 Å². The van der Waals surface area contributed by atoms with Crippen LogP contribution in [0, 0.1) is 0 Å². The first-order valence-corrected chi connectivity index (χ1v) is 5.93. The monoisotopic (exact) mass is 211 g/mol. The van der Waals surface area contributed by atoms with E-state index in [1.54, 1.807) is 13.1 Å². The third-order valence-corrected chi connectivity index (χ3v) is 3.44. The molecule has 76 valence electrons. The Morgan fingerprint density at radius 2 is 2.64 bits per heavy atom. The van der Waals surface area contributed by atoms with E-state index in [1.807, 2.05) is 11.8 Å². The smallest absolute Gasteiger partial charge is 0.198 e. The third-order valence-electron chi connectivity index (χ3n) is 2.27. The Morgan fingerprint density at radius 1 is 1.79 bits per heavy atom. The summed E-state index contributed by atoms with van der Waals surface area (Å²) in [5.74, 6) is 4.37. The van der Waals surface area contributed by atoms with E-state index in [2.05, 4.69) is 4.98 Å². The van der Waals surface area contributed by atoms with Crippen molar-refractivity contribution < 1.29 is 9.21 Å². The summed E-state index contributed by atoms with van der Waals surface area (Å²) < 4.78 is 5.53. The van der Waals surface area contributed by atoms with Crippen molar-refractivity contribution in [2.75, 3.05) is 11.5 Å². The lowest BCUT2D eigenvalue weighted by atomic mass is 10.1. The van der Waals surface area contributed by atoms with Crippen molar-refractivity contribution in [3.05, 3.63) is 17.8 Å². The first-order valence-electron chi connectivity index (χ1n) is 4.77. The molecule has 1 aromatic rings. The molecule has 1 atom stereocenters. The van der Waals surface area contributed by atoms with Crippen LogP contribution >= 0.6 is 11.8 Å². The molecule has 1 saturated heterocycles. The van der Waals surface area contributed by atoms with Crippen LogP contribution in [0.1, 0.15) is 30.9 Å². The number of nitrogens with zero attached hydrogens (tertiary/aromatic N) is 1. The highest BCUT2D eigenvalue weighted by Gasteiger charge is 2.22. The maximum atomic E-state index is 10.9. The van der Waals surface area contributed by atoms with E-state index < -0.39 is 0 Å². The predicted octanol–water partition coefficient (Wildman–Crippen LogP) is 2.03. The van der Waals surface area contributed by atoms with Crippen molar-refractivity contribution >= 4 is 17.5 Å². The van der Waals surface area contributed by atoms with Gasteiger partial charge in [-0.3, -0.25) is 4.79 Å². The fourth-order valence-electron chi connectivity index (χ4n) is 1.57. The highest BCUT2D eigenvalue weighted by molar-refractivity contribution is 7.99. The van der Waals surface area contributed by atoms with Crippen molar-refractivity contribution in [1.29, 1.82) is 0 Å². The average molecular weight is 211 g/mol. The van der Waals surface area contributed by atoms with Crippen molar-refractivity contribution in [1.82, 2.24) is 4.98 Å². The van der Waals surface area contributed by atoms with Gasteiger partial charge in [-0.25, -0.2) is 4.98 Å². The first kappa shape index (κ1) is 9.77. The van der Waals surface area contributed by atoms with Gasteiger partial charge in [0.1, 0.15) is 11.5 Å². The van der Waals surface area contributed by atoms with Crippen molar-refractivity contribution in [2.45, 2.75) is 25.7 Å². The lowest BCUT2D eigenvalue weighted by Crippen LogP contribution is -1.96. The number of ketones is 1. The number of carbonyl (C=O) groups is 1. The number of rotatable bonds is 3. The molecule has 0 saturated carbocycles. The SMILES string of the molecule is CC(=O)Cc1cnc(C2CCSC2)o1. The molecule has 4 heteroatoms. The highest BCUT2D eigenvalue weighted by Crippen LogP contribution is 2.31. The molecule has 14 heavy (non-hydrogen) atoms. The molecule has 2 heterocycles. The van der Waals surface area contributed by atoms with Crippen LogP contribution in [0.2, 0.25) is 0 Å². The summed E-state index contributed by atoms with van der Waals surface area (Å²) in [5, 5.41) is 0. The fourth-order valence-corrected chi connectivity index (χ4v) is 2.78. The molecule has 1 aromatic heterocycles. The zero-order valence-corrected chi connectivity index (χ0v) is 8.97. The van der Waals surface area contributed by atoms with Gasteiger partial charge in [0.05, 0.1) is 12.6 Å². The van der Waals surface area contributed by atoms with Gasteiger partial charge < -0.3 is 4.42 Å². The minimum absolute atomic E-state index is 0.119. The highest BCUT2D eigenvalue weighted by atomic mass is 32.2. The first-order chi connectivity index (χ1) is 6.75. The van der Waals surface area contributed by atoms with E-state index in [0.29, 0.717) is 18.1 Å². The second-order valence-electron chi connectivity index (χ2n) is 3.60. The number of aromatic nitrogens is 1. The molecule has 0 amide bonds. The second kappa shape index (κ2) is 4.17. The molecule has 1 unspecified atom stereocenters. The minimum Gasteiger partial charge on any atom is -0.445 e. The number of thioether (sulfide) groups is 1. The van der Waals surface area contributed by atoms with Crippen LogP contribution < -0.4 is 0 Å². The fraction of sp³-hybridized carbons (Fsp3) is 0.600. The summed E-state index contributed by atoms with van der Waals surface area (Å²) in [4.78, 5) is 15.1. The van der Waals surface area contributed by atoms with Crippen LogP contribution in [0.5, 0.6) is 0 Å². The van der Waals surface area contributed by atoms with Gasteiger partial charge in [0.2, 0.25) is 0 Å². The summed E-state index contributed by atoms with van der Waals surface area (Å²) in [5.41, 5.74) is 0. The van der Waals surface area contributed by atoms with Crippen LogP contribution in [0.4, 0.5) is 0 Å². The largest absolute Gasteiger partial charge is 0.445 e. The zero-order chi connectivity index (χ0) is 9.97. The molecule has 0 spiro atoms. The quantitative estimate of drug-likeness (QED) is 0.767. The number of hydrogen-bond acceptors (Lipinski definition) is 4. The molecule has 2 rings (SSSR count). The van der Waals surface area contributed by atoms with Gasteiger partial charge in [-0.1, -0.05) is 0 Å². The summed E-state index contributed by atoms with van der Waals surface area (Å²) >= 11 is 1.93. The molecule has 0 bridgehead atoms. The number of hydrogen-bond donors (Lipinski definition) is 0. The van der Waals surface area contributed by atoms with E-state index in [0.717, 1.165) is 18.1 Å². The Bertz CT molecular complexity index is 329. The van der Waals surface area contributed by atoms with Gasteiger partial charge in [0, 0.05) is 11.7 Å². The molecule has 0 aliphatic carbocycles. The van der Waals surface area contributed by atoms with Gasteiger partial charge in [0.25, 0.3) is 0 Å². The normalized spacial score (nSPS) is 21.4. The minimum atomic E-state index is 0.119. The van der Waals surface area contributed by atoms with Crippen LogP contribution in [0.3, 0.4) is 0 Å². The molecule has 0 radical (unpaired) electrons. The standard InChI is InChI=1S/C10H13NO2S/c1-7(12)4-9-5-11-10(13-9)8-2-3-14-6-8/h5,8H,2-4,6H2,1H3. The maximum Gasteiger partial charge on any atom is 0.198 e. The van der Waals surface area contributed by atoms with E-state index in [9.17, 15) is 4.79 Å². The molecule has 1 aliphatic rings. The van der Waals surface area contributed by atoms with Crippen LogP contribution in [-0.2, 0) is 11.2 Å². The summed E-state index contributed by atoms with van der Waals surface area (Å²) in [7, 11) is 0. The van der Waals surface area contributed by atoms with Crippen molar-refractivity contribution in [2.24, 2.45) is 0 Å². The zero-order valence-electron chi connectivity index (χ0n) is 8.16. The van der Waals surface area contributed by atoms with E-state index in [1.165, 1.54) is 5.75 Å². The van der Waals surface area contributed by atoms with E-state index in [-0.39, 0.29) is 5.78 Å². The Balaban J connectivity index is 2.05. The number of carbonyl (C=O) groups excluding carboxylic acids is 1. The summed E-state index contributed by atoms with van der Waals surface area (Å²) in [6.45, 7) is 1.56. The average Bonchev–Trinajstić information content (AvgIpc) is 2.69. The Hall–Kier alpha value is -0.770.